The Bertz CT molecular complexity index is 1530. The number of esters is 2. The first kappa shape index (κ1) is 25.3. The summed E-state index contributed by atoms with van der Waals surface area (Å²) >= 11 is 0. The lowest BCUT2D eigenvalue weighted by molar-refractivity contribution is -0.142. The van der Waals surface area contributed by atoms with Crippen LogP contribution < -0.4 is 10.9 Å². The fraction of sp³-hybridized carbons (Fsp3) is 0.179. The summed E-state index contributed by atoms with van der Waals surface area (Å²) in [6.45, 7) is 5.06. The average Bonchev–Trinajstić information content (AvgIpc) is 2.89. The molecule has 0 bridgehead atoms. The number of fused-ring (bicyclic) bond motifs is 1. The van der Waals surface area contributed by atoms with Crippen LogP contribution in [-0.2, 0) is 20.9 Å². The van der Waals surface area contributed by atoms with Gasteiger partial charge in [-0.3, -0.25) is 14.6 Å². The third-order valence-corrected chi connectivity index (χ3v) is 5.37. The van der Waals surface area contributed by atoms with Gasteiger partial charge >= 0.3 is 11.9 Å². The molecular formula is C28H25N3O6. The number of anilines is 1. The highest BCUT2D eigenvalue weighted by atomic mass is 16.5. The number of rotatable bonds is 7. The number of pyridine rings is 1. The fourth-order valence-electron chi connectivity index (χ4n) is 3.55. The zero-order chi connectivity index (χ0) is 26.4. The van der Waals surface area contributed by atoms with Gasteiger partial charge in [0.05, 0.1) is 23.6 Å². The molecule has 2 heterocycles. The van der Waals surface area contributed by atoms with Crippen molar-refractivity contribution < 1.29 is 28.3 Å². The standard InChI is InChI=1S/C28H25N3O6/c1-4-35-28(34)19-10-12-22(13-11-19)31-27-24(26(33)30-21-8-6-5-7-9-21)14-23-20(16-36-18(3)32)15-29-17(2)25(23)37-27/h5-15H,4,16H2,1-3H3,(H,30,33). The van der Waals surface area contributed by atoms with E-state index in [2.05, 4.69) is 15.3 Å². The molecule has 9 heteroatoms. The number of hydrogen-bond donors (Lipinski definition) is 1. The van der Waals surface area contributed by atoms with E-state index in [0.29, 0.717) is 39.2 Å². The van der Waals surface area contributed by atoms with Crippen molar-refractivity contribution in [1.29, 1.82) is 0 Å². The maximum Gasteiger partial charge on any atom is 0.338 e. The number of aryl methyl sites for hydroxylation is 1. The second kappa shape index (κ2) is 11.3. The number of hydrogen-bond acceptors (Lipinski definition) is 8. The van der Waals surface area contributed by atoms with Gasteiger partial charge in [-0.2, -0.15) is 0 Å². The summed E-state index contributed by atoms with van der Waals surface area (Å²) < 4.78 is 16.3. The molecule has 0 fully saturated rings. The molecule has 4 rings (SSSR count). The molecule has 1 amide bonds. The summed E-state index contributed by atoms with van der Waals surface area (Å²) in [5.74, 6) is -1.31. The van der Waals surface area contributed by atoms with E-state index in [-0.39, 0.29) is 24.3 Å². The molecule has 0 atom stereocenters. The van der Waals surface area contributed by atoms with Gasteiger partial charge in [-0.1, -0.05) is 18.2 Å². The number of nitrogens with zero attached hydrogens (tertiary/aromatic N) is 2. The first-order chi connectivity index (χ1) is 17.9. The third-order valence-electron chi connectivity index (χ3n) is 5.37. The highest BCUT2D eigenvalue weighted by molar-refractivity contribution is 6.05. The zero-order valence-corrected chi connectivity index (χ0v) is 20.6. The van der Waals surface area contributed by atoms with Crippen molar-refractivity contribution in [3.63, 3.8) is 0 Å². The molecule has 0 saturated heterocycles. The van der Waals surface area contributed by atoms with Gasteiger partial charge in [-0.15, -0.1) is 0 Å². The molecular weight excluding hydrogens is 474 g/mol. The molecule has 2 aromatic carbocycles. The number of nitrogens with one attached hydrogen (secondary N) is 1. The number of amides is 1. The van der Waals surface area contributed by atoms with Crippen molar-refractivity contribution in [2.75, 3.05) is 11.9 Å². The Kier molecular flexibility index (Phi) is 7.73. The van der Waals surface area contributed by atoms with E-state index in [1.54, 1.807) is 62.5 Å². The minimum absolute atomic E-state index is 0.0276. The Labute approximate surface area is 212 Å². The molecule has 1 N–H and O–H groups in total. The van der Waals surface area contributed by atoms with Crippen LogP contribution in [0.4, 0.5) is 11.4 Å². The van der Waals surface area contributed by atoms with Gasteiger partial charge in [0.1, 0.15) is 12.2 Å². The number of para-hydroxylation sites is 1. The quantitative estimate of drug-likeness (QED) is 0.361. The minimum atomic E-state index is -0.439. The maximum absolute atomic E-state index is 13.4. The number of carbonyl (C=O) groups is 3. The first-order valence-electron chi connectivity index (χ1n) is 11.6. The van der Waals surface area contributed by atoms with Crippen molar-refractivity contribution in [3.8, 4) is 0 Å². The van der Waals surface area contributed by atoms with Crippen molar-refractivity contribution in [2.45, 2.75) is 27.4 Å². The van der Waals surface area contributed by atoms with Crippen LogP contribution >= 0.6 is 0 Å². The van der Waals surface area contributed by atoms with Crippen LogP contribution in [0.3, 0.4) is 0 Å². The molecule has 0 saturated carbocycles. The third kappa shape index (κ3) is 6.07. The van der Waals surface area contributed by atoms with Crippen LogP contribution in [-0.4, -0.2) is 29.4 Å². The number of aromatic nitrogens is 1. The molecule has 0 aliphatic rings. The lowest BCUT2D eigenvalue weighted by Crippen LogP contribution is -2.22. The lowest BCUT2D eigenvalue weighted by atomic mass is 10.1. The smallest absolute Gasteiger partial charge is 0.338 e. The maximum atomic E-state index is 13.4. The van der Waals surface area contributed by atoms with Gasteiger partial charge in [0.25, 0.3) is 5.91 Å². The van der Waals surface area contributed by atoms with Gasteiger partial charge in [0, 0.05) is 29.8 Å². The molecule has 0 unspecified atom stereocenters. The van der Waals surface area contributed by atoms with E-state index < -0.39 is 17.8 Å². The van der Waals surface area contributed by atoms with E-state index in [0.717, 1.165) is 0 Å². The Morgan fingerprint density at radius 1 is 1.03 bits per heavy atom. The molecule has 0 radical (unpaired) electrons. The summed E-state index contributed by atoms with van der Waals surface area (Å²) in [5, 5.41) is 3.42. The van der Waals surface area contributed by atoms with Gasteiger partial charge < -0.3 is 19.2 Å². The predicted molar refractivity (Wildman–Crippen MR) is 136 cm³/mol. The molecule has 9 nitrogen and oxygen atoms in total. The lowest BCUT2D eigenvalue weighted by Gasteiger charge is -2.11. The van der Waals surface area contributed by atoms with Crippen molar-refractivity contribution in [3.05, 3.63) is 94.8 Å². The number of benzene rings is 2. The highest BCUT2D eigenvalue weighted by Crippen LogP contribution is 2.23. The second-order valence-corrected chi connectivity index (χ2v) is 8.06. The van der Waals surface area contributed by atoms with Gasteiger partial charge in [-0.25, -0.2) is 9.79 Å². The van der Waals surface area contributed by atoms with Gasteiger partial charge in [-0.05, 0) is 56.3 Å². The largest absolute Gasteiger partial charge is 0.462 e. The van der Waals surface area contributed by atoms with Crippen LogP contribution in [0.25, 0.3) is 11.0 Å². The Balaban J connectivity index is 1.85. The molecule has 4 aromatic rings. The van der Waals surface area contributed by atoms with Crippen LogP contribution in [0.1, 0.15) is 45.8 Å². The molecule has 0 aliphatic carbocycles. The second-order valence-electron chi connectivity index (χ2n) is 8.06. The van der Waals surface area contributed by atoms with Crippen LogP contribution in [0.5, 0.6) is 0 Å². The van der Waals surface area contributed by atoms with Crippen LogP contribution in [0.2, 0.25) is 0 Å². The van der Waals surface area contributed by atoms with Crippen molar-refractivity contribution in [2.24, 2.45) is 4.99 Å². The predicted octanol–water partition coefficient (Wildman–Crippen LogP) is 4.86. The molecule has 37 heavy (non-hydrogen) atoms. The highest BCUT2D eigenvalue weighted by Gasteiger charge is 2.17. The Morgan fingerprint density at radius 3 is 2.43 bits per heavy atom. The zero-order valence-electron chi connectivity index (χ0n) is 20.6. The Hall–Kier alpha value is -4.79. The average molecular weight is 500 g/mol. The monoisotopic (exact) mass is 499 g/mol. The molecule has 0 spiro atoms. The van der Waals surface area contributed by atoms with E-state index in [1.807, 2.05) is 18.2 Å². The summed E-state index contributed by atoms with van der Waals surface area (Å²) in [6, 6.07) is 17.1. The van der Waals surface area contributed by atoms with Gasteiger partial charge in [0.15, 0.2) is 5.58 Å². The molecule has 188 valence electrons. The van der Waals surface area contributed by atoms with E-state index in [1.165, 1.54) is 6.92 Å². The summed E-state index contributed by atoms with van der Waals surface area (Å²) in [5.41, 5.74) is 3.23. The van der Waals surface area contributed by atoms with Crippen molar-refractivity contribution >= 4 is 40.2 Å². The SMILES string of the molecule is CCOC(=O)c1ccc(N=c2oc3c(C)ncc(COC(C)=O)c3cc2C(=O)Nc2ccccc2)cc1. The van der Waals surface area contributed by atoms with Crippen molar-refractivity contribution in [1.82, 2.24) is 4.98 Å². The number of ether oxygens (including phenoxy) is 2. The summed E-state index contributed by atoms with van der Waals surface area (Å²) in [4.78, 5) is 45.6. The first-order valence-corrected chi connectivity index (χ1v) is 11.6. The van der Waals surface area contributed by atoms with E-state index in [4.69, 9.17) is 13.9 Å². The fourth-order valence-corrected chi connectivity index (χ4v) is 3.55. The summed E-state index contributed by atoms with van der Waals surface area (Å²) in [6.07, 6.45) is 1.58. The van der Waals surface area contributed by atoms with Crippen LogP contribution in [0, 0.1) is 6.92 Å². The van der Waals surface area contributed by atoms with E-state index in [9.17, 15) is 14.4 Å². The normalized spacial score (nSPS) is 11.3. The molecule has 0 aliphatic heterocycles. The minimum Gasteiger partial charge on any atom is -0.462 e. The molecule has 2 aromatic heterocycles. The van der Waals surface area contributed by atoms with E-state index >= 15 is 0 Å². The van der Waals surface area contributed by atoms with Crippen LogP contribution in [0.15, 0.2) is 76.3 Å². The topological polar surface area (TPSA) is 120 Å². The van der Waals surface area contributed by atoms with Gasteiger partial charge in [0.2, 0.25) is 5.55 Å². The Morgan fingerprint density at radius 2 is 1.76 bits per heavy atom. The summed E-state index contributed by atoms with van der Waals surface area (Å²) in [7, 11) is 0. The number of carbonyl (C=O) groups excluding carboxylic acids is 3.